The van der Waals surface area contributed by atoms with Crippen LogP contribution in [0, 0.1) is 0 Å². The van der Waals surface area contributed by atoms with E-state index in [0.29, 0.717) is 11.1 Å². The topological polar surface area (TPSA) is 58.6 Å². The molecular weight excluding hydrogens is 222 g/mol. The first kappa shape index (κ1) is 7.42. The number of aromatic nitrogens is 3. The van der Waals surface area contributed by atoms with Crippen molar-refractivity contribution in [3.8, 4) is 0 Å². The third kappa shape index (κ3) is 1.02. The minimum atomic E-state index is 0.586. The summed E-state index contributed by atoms with van der Waals surface area (Å²) in [6.45, 7) is 0. The molecule has 0 aliphatic rings. The number of nitrogens with zero attached hydrogens (tertiary/aromatic N) is 2. The minimum Gasteiger partial charge on any atom is -0.298 e. The molecule has 0 fully saturated rings. The predicted molar refractivity (Wildman–Crippen MR) is 47.0 cm³/mol. The zero-order valence-electron chi connectivity index (χ0n) is 5.91. The van der Waals surface area contributed by atoms with E-state index in [0.717, 1.165) is 16.3 Å². The molecule has 1 heterocycles. The van der Waals surface area contributed by atoms with Crippen molar-refractivity contribution in [1.29, 1.82) is 0 Å². The Kier molecular flexibility index (Phi) is 1.65. The number of aldehydes is 1. The summed E-state index contributed by atoms with van der Waals surface area (Å²) in [5.41, 5.74) is 2.01. The van der Waals surface area contributed by atoms with E-state index < -0.39 is 0 Å². The summed E-state index contributed by atoms with van der Waals surface area (Å²) in [7, 11) is 0. The van der Waals surface area contributed by atoms with Gasteiger partial charge in [-0.25, -0.2) is 0 Å². The molecule has 1 N–H and O–H groups in total. The zero-order valence-corrected chi connectivity index (χ0v) is 7.50. The molecule has 0 radical (unpaired) electrons. The lowest BCUT2D eigenvalue weighted by molar-refractivity contribution is 0.112. The number of nitrogens with one attached hydrogen (secondary N) is 1. The lowest BCUT2D eigenvalue weighted by Gasteiger charge is -1.92. The van der Waals surface area contributed by atoms with Gasteiger partial charge in [-0.1, -0.05) is 0 Å². The Balaban J connectivity index is 2.83. The van der Waals surface area contributed by atoms with Crippen molar-refractivity contribution < 1.29 is 4.79 Å². The Labute approximate surface area is 76.1 Å². The van der Waals surface area contributed by atoms with Crippen LogP contribution in [0.15, 0.2) is 16.6 Å². The van der Waals surface area contributed by atoms with Crippen LogP contribution in [0.1, 0.15) is 10.4 Å². The fourth-order valence-corrected chi connectivity index (χ4v) is 1.55. The van der Waals surface area contributed by atoms with E-state index in [-0.39, 0.29) is 0 Å². The predicted octanol–water partition coefficient (Wildman–Crippen LogP) is 1.53. The molecule has 12 heavy (non-hydrogen) atoms. The maximum absolute atomic E-state index is 10.4. The second-order valence-corrected chi connectivity index (χ2v) is 3.17. The molecule has 0 saturated heterocycles. The molecule has 1 aromatic heterocycles. The summed E-state index contributed by atoms with van der Waals surface area (Å²) in [6, 6.07) is 3.38. The summed E-state index contributed by atoms with van der Waals surface area (Å²) < 4.78 is 0.774. The first-order valence-electron chi connectivity index (χ1n) is 3.26. The number of rotatable bonds is 1. The Bertz CT molecular complexity index is 437. The van der Waals surface area contributed by atoms with Crippen molar-refractivity contribution in [3.05, 3.63) is 22.2 Å². The van der Waals surface area contributed by atoms with Crippen LogP contribution in [0.3, 0.4) is 0 Å². The molecule has 0 saturated carbocycles. The van der Waals surface area contributed by atoms with E-state index in [4.69, 9.17) is 0 Å². The number of aromatic amines is 1. The molecule has 5 heteroatoms. The van der Waals surface area contributed by atoms with Gasteiger partial charge in [-0.2, -0.15) is 15.4 Å². The fourth-order valence-electron chi connectivity index (χ4n) is 0.998. The van der Waals surface area contributed by atoms with Gasteiger partial charge in [0.05, 0.1) is 0 Å². The zero-order chi connectivity index (χ0) is 8.55. The Morgan fingerprint density at radius 3 is 3.00 bits per heavy atom. The third-order valence-electron chi connectivity index (χ3n) is 1.53. The standard InChI is InChI=1S/C7H4BrN3O/c8-5-1-4(3-12)2-6-7(5)10-11-9-6/h1-3H,(H,9,10,11). The molecule has 2 aromatic rings. The van der Waals surface area contributed by atoms with Gasteiger partial charge in [-0.05, 0) is 28.1 Å². The van der Waals surface area contributed by atoms with Crippen LogP contribution < -0.4 is 0 Å². The quantitative estimate of drug-likeness (QED) is 0.750. The van der Waals surface area contributed by atoms with Gasteiger partial charge in [0, 0.05) is 10.0 Å². The van der Waals surface area contributed by atoms with Gasteiger partial charge in [-0.3, -0.25) is 4.79 Å². The van der Waals surface area contributed by atoms with Crippen LogP contribution in [-0.4, -0.2) is 21.7 Å². The number of hydrogen-bond donors (Lipinski definition) is 1. The number of H-pyrrole nitrogens is 1. The first-order chi connectivity index (χ1) is 5.81. The average Bonchev–Trinajstić information content (AvgIpc) is 2.52. The van der Waals surface area contributed by atoms with Crippen LogP contribution in [0.4, 0.5) is 0 Å². The van der Waals surface area contributed by atoms with Crippen LogP contribution in [0.5, 0.6) is 0 Å². The number of benzene rings is 1. The van der Waals surface area contributed by atoms with Gasteiger partial charge in [0.15, 0.2) is 0 Å². The van der Waals surface area contributed by atoms with Crippen molar-refractivity contribution in [3.63, 3.8) is 0 Å². The van der Waals surface area contributed by atoms with Gasteiger partial charge >= 0.3 is 0 Å². The first-order valence-corrected chi connectivity index (χ1v) is 4.06. The summed E-state index contributed by atoms with van der Waals surface area (Å²) >= 11 is 3.29. The van der Waals surface area contributed by atoms with Crippen LogP contribution in [-0.2, 0) is 0 Å². The second kappa shape index (κ2) is 2.67. The lowest BCUT2D eigenvalue weighted by atomic mass is 10.2. The van der Waals surface area contributed by atoms with E-state index in [2.05, 4.69) is 31.3 Å². The summed E-state index contributed by atoms with van der Waals surface area (Å²) in [5.74, 6) is 0. The highest BCUT2D eigenvalue weighted by atomic mass is 79.9. The van der Waals surface area contributed by atoms with Gasteiger partial charge < -0.3 is 0 Å². The van der Waals surface area contributed by atoms with Crippen LogP contribution >= 0.6 is 15.9 Å². The summed E-state index contributed by atoms with van der Waals surface area (Å²) in [5, 5.41) is 10.2. The van der Waals surface area contributed by atoms with Gasteiger partial charge in [0.25, 0.3) is 0 Å². The smallest absolute Gasteiger partial charge is 0.150 e. The molecule has 0 atom stereocenters. The number of halogens is 1. The van der Waals surface area contributed by atoms with E-state index in [1.807, 2.05) is 0 Å². The van der Waals surface area contributed by atoms with Gasteiger partial charge in [-0.15, -0.1) is 0 Å². The van der Waals surface area contributed by atoms with E-state index in [1.54, 1.807) is 12.1 Å². The van der Waals surface area contributed by atoms with Crippen molar-refractivity contribution in [2.75, 3.05) is 0 Å². The maximum atomic E-state index is 10.4. The Morgan fingerprint density at radius 2 is 2.25 bits per heavy atom. The average molecular weight is 226 g/mol. The van der Waals surface area contributed by atoms with Crippen molar-refractivity contribution >= 4 is 33.2 Å². The van der Waals surface area contributed by atoms with Crippen molar-refractivity contribution in [1.82, 2.24) is 15.4 Å². The molecule has 2 rings (SSSR count). The normalized spacial score (nSPS) is 10.4. The van der Waals surface area contributed by atoms with Crippen molar-refractivity contribution in [2.45, 2.75) is 0 Å². The third-order valence-corrected chi connectivity index (χ3v) is 2.14. The van der Waals surface area contributed by atoms with Crippen molar-refractivity contribution in [2.24, 2.45) is 0 Å². The van der Waals surface area contributed by atoms with E-state index in [9.17, 15) is 4.79 Å². The number of carbonyl (C=O) groups excluding carboxylic acids is 1. The second-order valence-electron chi connectivity index (χ2n) is 2.31. The Hall–Kier alpha value is -1.23. The fraction of sp³-hybridized carbons (Fsp3) is 0. The highest BCUT2D eigenvalue weighted by molar-refractivity contribution is 9.10. The van der Waals surface area contributed by atoms with Crippen LogP contribution in [0.2, 0.25) is 0 Å². The van der Waals surface area contributed by atoms with Gasteiger partial charge in [0.1, 0.15) is 17.3 Å². The largest absolute Gasteiger partial charge is 0.298 e. The summed E-state index contributed by atoms with van der Waals surface area (Å²) in [6.07, 6.45) is 0.777. The molecular formula is C7H4BrN3O. The molecule has 0 spiro atoms. The number of carbonyl (C=O) groups is 1. The molecule has 4 nitrogen and oxygen atoms in total. The molecule has 1 aromatic carbocycles. The maximum Gasteiger partial charge on any atom is 0.150 e. The van der Waals surface area contributed by atoms with E-state index in [1.165, 1.54) is 0 Å². The monoisotopic (exact) mass is 225 g/mol. The highest BCUT2D eigenvalue weighted by Crippen LogP contribution is 2.21. The number of fused-ring (bicyclic) bond motifs is 1. The minimum absolute atomic E-state index is 0.586. The van der Waals surface area contributed by atoms with Crippen LogP contribution in [0.25, 0.3) is 11.0 Å². The molecule has 0 bridgehead atoms. The van der Waals surface area contributed by atoms with E-state index >= 15 is 0 Å². The SMILES string of the molecule is O=Cc1cc(Br)c2n[nH]nc2c1. The molecule has 0 aliphatic heterocycles. The molecule has 60 valence electrons. The number of hydrogen-bond acceptors (Lipinski definition) is 3. The Morgan fingerprint density at radius 1 is 1.42 bits per heavy atom. The molecule has 0 unspecified atom stereocenters. The van der Waals surface area contributed by atoms with Gasteiger partial charge in [0.2, 0.25) is 0 Å². The molecule has 0 aliphatic carbocycles. The summed E-state index contributed by atoms with van der Waals surface area (Å²) in [4.78, 5) is 10.4. The lowest BCUT2D eigenvalue weighted by Crippen LogP contribution is -1.80. The highest BCUT2D eigenvalue weighted by Gasteiger charge is 2.04. The molecule has 0 amide bonds.